The summed E-state index contributed by atoms with van der Waals surface area (Å²) in [5.41, 5.74) is 3.24. The fourth-order valence-electron chi connectivity index (χ4n) is 1.82. The van der Waals surface area contributed by atoms with Gasteiger partial charge in [0.2, 0.25) is 0 Å². The van der Waals surface area contributed by atoms with E-state index < -0.39 is 0 Å². The van der Waals surface area contributed by atoms with Crippen molar-refractivity contribution in [1.82, 2.24) is 10.3 Å². The number of nitrogens with zero attached hydrogens (tertiary/aromatic N) is 1. The van der Waals surface area contributed by atoms with Crippen molar-refractivity contribution in [3.05, 3.63) is 65.0 Å². The lowest BCUT2D eigenvalue weighted by Gasteiger charge is -2.07. The summed E-state index contributed by atoms with van der Waals surface area (Å²) in [6.07, 6.45) is 1.71. The van der Waals surface area contributed by atoms with Crippen molar-refractivity contribution < 1.29 is 9.90 Å². The number of hydrogen-bond donors (Lipinski definition) is 2. The minimum Gasteiger partial charge on any atom is -0.384 e. The number of carbonyl (C=O) groups is 1. The highest BCUT2D eigenvalue weighted by molar-refractivity contribution is 5.94. The zero-order valence-corrected chi connectivity index (χ0v) is 11.8. The summed E-state index contributed by atoms with van der Waals surface area (Å²) in [5.74, 6) is 5.20. The first-order chi connectivity index (χ1) is 10.2. The van der Waals surface area contributed by atoms with Gasteiger partial charge in [0.25, 0.3) is 5.91 Å². The molecule has 1 heterocycles. The Morgan fingerprint density at radius 2 is 2.05 bits per heavy atom. The van der Waals surface area contributed by atoms with Gasteiger partial charge in [-0.2, -0.15) is 0 Å². The molecule has 0 saturated carbocycles. The maximum Gasteiger partial charge on any atom is 0.251 e. The highest BCUT2D eigenvalue weighted by Crippen LogP contribution is 2.05. The molecule has 1 amide bonds. The van der Waals surface area contributed by atoms with Crippen LogP contribution in [0.5, 0.6) is 0 Å². The molecule has 1 aromatic heterocycles. The van der Waals surface area contributed by atoms with Crippen LogP contribution in [0, 0.1) is 18.8 Å². The molecule has 0 spiro atoms. The van der Waals surface area contributed by atoms with Gasteiger partial charge in [-0.15, -0.1) is 0 Å². The van der Waals surface area contributed by atoms with Gasteiger partial charge in [0.05, 0.1) is 12.2 Å². The zero-order chi connectivity index (χ0) is 15.1. The van der Waals surface area contributed by atoms with Crippen LogP contribution in [-0.4, -0.2) is 22.6 Å². The quantitative estimate of drug-likeness (QED) is 0.841. The molecule has 0 aliphatic carbocycles. The molecule has 21 heavy (non-hydrogen) atoms. The highest BCUT2D eigenvalue weighted by Gasteiger charge is 2.06. The summed E-state index contributed by atoms with van der Waals surface area (Å²) in [7, 11) is 0. The van der Waals surface area contributed by atoms with Crippen molar-refractivity contribution >= 4 is 5.91 Å². The first-order valence-electron chi connectivity index (χ1n) is 6.59. The summed E-state index contributed by atoms with van der Waals surface area (Å²) in [4.78, 5) is 16.3. The smallest absolute Gasteiger partial charge is 0.251 e. The molecule has 0 radical (unpaired) electrons. The largest absolute Gasteiger partial charge is 0.384 e. The van der Waals surface area contributed by atoms with Gasteiger partial charge in [-0.3, -0.25) is 9.78 Å². The van der Waals surface area contributed by atoms with Gasteiger partial charge >= 0.3 is 0 Å². The second kappa shape index (κ2) is 7.22. The van der Waals surface area contributed by atoms with E-state index in [1.807, 2.05) is 19.1 Å². The normalized spacial score (nSPS) is 9.62. The Kier molecular flexibility index (Phi) is 5.08. The number of aryl methyl sites for hydroxylation is 1. The Morgan fingerprint density at radius 3 is 2.71 bits per heavy atom. The monoisotopic (exact) mass is 280 g/mol. The summed E-state index contributed by atoms with van der Waals surface area (Å²) >= 11 is 0. The Labute approximate surface area is 123 Å². The van der Waals surface area contributed by atoms with Crippen molar-refractivity contribution in [3.63, 3.8) is 0 Å². The van der Waals surface area contributed by atoms with Gasteiger partial charge in [0.1, 0.15) is 6.61 Å². The van der Waals surface area contributed by atoms with Crippen LogP contribution in [0.3, 0.4) is 0 Å². The van der Waals surface area contributed by atoms with E-state index in [0.717, 1.165) is 16.8 Å². The van der Waals surface area contributed by atoms with Crippen LogP contribution in [0.2, 0.25) is 0 Å². The van der Waals surface area contributed by atoms with Gasteiger partial charge in [0, 0.05) is 17.3 Å². The van der Waals surface area contributed by atoms with E-state index in [1.54, 1.807) is 30.5 Å². The van der Waals surface area contributed by atoms with E-state index in [2.05, 4.69) is 22.1 Å². The van der Waals surface area contributed by atoms with Gasteiger partial charge in [-0.25, -0.2) is 0 Å². The number of carbonyl (C=O) groups excluding carboxylic acids is 1. The molecule has 1 aromatic carbocycles. The number of hydrogen-bond acceptors (Lipinski definition) is 3. The minimum atomic E-state index is -0.175. The fraction of sp³-hybridized carbons (Fsp3) is 0.176. The molecule has 0 fully saturated rings. The highest BCUT2D eigenvalue weighted by atomic mass is 16.2. The van der Waals surface area contributed by atoms with Crippen molar-refractivity contribution in [2.75, 3.05) is 6.61 Å². The molecule has 0 saturated heterocycles. The first kappa shape index (κ1) is 14.8. The first-order valence-corrected chi connectivity index (χ1v) is 6.59. The predicted molar refractivity (Wildman–Crippen MR) is 80.6 cm³/mol. The number of aromatic nitrogens is 1. The van der Waals surface area contributed by atoms with E-state index in [9.17, 15) is 4.79 Å². The van der Waals surface area contributed by atoms with Crippen molar-refractivity contribution in [2.24, 2.45) is 0 Å². The summed E-state index contributed by atoms with van der Waals surface area (Å²) in [6, 6.07) is 10.8. The van der Waals surface area contributed by atoms with E-state index in [0.29, 0.717) is 12.1 Å². The second-order valence-electron chi connectivity index (χ2n) is 4.49. The third-order valence-electron chi connectivity index (χ3n) is 2.99. The number of benzene rings is 1. The van der Waals surface area contributed by atoms with Gasteiger partial charge in [0.15, 0.2) is 0 Å². The lowest BCUT2D eigenvalue weighted by atomic mass is 10.1. The lowest BCUT2D eigenvalue weighted by molar-refractivity contribution is 0.0950. The molecule has 0 bridgehead atoms. The van der Waals surface area contributed by atoms with Crippen LogP contribution in [0.15, 0.2) is 42.6 Å². The molecule has 2 N–H and O–H groups in total. The van der Waals surface area contributed by atoms with Crippen molar-refractivity contribution in [1.29, 1.82) is 0 Å². The van der Waals surface area contributed by atoms with Crippen LogP contribution >= 0.6 is 0 Å². The molecule has 0 aliphatic rings. The number of nitrogens with one attached hydrogen (secondary N) is 1. The second-order valence-corrected chi connectivity index (χ2v) is 4.49. The Bertz CT molecular complexity index is 682. The van der Waals surface area contributed by atoms with Crippen LogP contribution < -0.4 is 5.32 Å². The molecule has 4 heteroatoms. The number of aliphatic hydroxyl groups excluding tert-OH is 1. The number of rotatable bonds is 3. The average molecular weight is 280 g/mol. The molecular formula is C17H16N2O2. The van der Waals surface area contributed by atoms with Crippen molar-refractivity contribution in [2.45, 2.75) is 13.5 Å². The van der Waals surface area contributed by atoms with Gasteiger partial charge in [-0.05, 0) is 42.8 Å². The van der Waals surface area contributed by atoms with Gasteiger partial charge < -0.3 is 10.4 Å². The molecule has 0 atom stereocenters. The summed E-state index contributed by atoms with van der Waals surface area (Å²) in [6.45, 7) is 2.19. The fourth-order valence-corrected chi connectivity index (χ4v) is 1.82. The molecule has 2 rings (SSSR count). The average Bonchev–Trinajstić information content (AvgIpc) is 2.52. The number of pyridine rings is 1. The van der Waals surface area contributed by atoms with Crippen LogP contribution in [-0.2, 0) is 6.54 Å². The van der Waals surface area contributed by atoms with Crippen molar-refractivity contribution in [3.8, 4) is 11.8 Å². The minimum absolute atomic E-state index is 0.151. The molecule has 4 nitrogen and oxygen atoms in total. The molecule has 2 aromatic rings. The number of amides is 1. The maximum absolute atomic E-state index is 12.0. The SMILES string of the molecule is Cc1cccnc1CNC(=O)c1ccc(C#CCO)cc1. The van der Waals surface area contributed by atoms with E-state index >= 15 is 0 Å². The molecule has 106 valence electrons. The standard InChI is InChI=1S/C17H16N2O2/c1-13-4-2-10-18-16(13)12-19-17(21)15-8-6-14(7-9-15)5-3-11-20/h2,4,6-10,20H,11-12H2,1H3,(H,19,21). The van der Waals surface area contributed by atoms with Crippen LogP contribution in [0.4, 0.5) is 0 Å². The number of aliphatic hydroxyl groups is 1. The third-order valence-corrected chi connectivity index (χ3v) is 2.99. The Hall–Kier alpha value is -2.64. The predicted octanol–water partition coefficient (Wildman–Crippen LogP) is 1.66. The topological polar surface area (TPSA) is 62.2 Å². The van der Waals surface area contributed by atoms with Gasteiger partial charge in [-0.1, -0.05) is 17.9 Å². The van der Waals surface area contributed by atoms with Crippen LogP contribution in [0.1, 0.15) is 27.2 Å². The molecule has 0 unspecified atom stereocenters. The Morgan fingerprint density at radius 1 is 1.29 bits per heavy atom. The zero-order valence-electron chi connectivity index (χ0n) is 11.8. The van der Waals surface area contributed by atoms with E-state index in [-0.39, 0.29) is 12.5 Å². The van der Waals surface area contributed by atoms with E-state index in [1.165, 1.54) is 0 Å². The Balaban J connectivity index is 1.99. The summed E-state index contributed by atoms with van der Waals surface area (Å²) < 4.78 is 0. The third kappa shape index (κ3) is 4.16. The van der Waals surface area contributed by atoms with Crippen LogP contribution in [0.25, 0.3) is 0 Å². The maximum atomic E-state index is 12.0. The lowest BCUT2D eigenvalue weighted by Crippen LogP contribution is -2.23. The summed E-state index contributed by atoms with van der Waals surface area (Å²) in [5, 5.41) is 11.5. The molecular weight excluding hydrogens is 264 g/mol. The van der Waals surface area contributed by atoms with E-state index in [4.69, 9.17) is 5.11 Å². The molecule has 0 aliphatic heterocycles.